The van der Waals surface area contributed by atoms with E-state index in [2.05, 4.69) is 0 Å². The number of ketones is 1. The SMILES string of the molecule is N#CC(C#N)C(=O)c1cc2ccccc2s1. The number of Topliss-reactive ketones (excluding diaryl/α,β-unsaturated/α-hetero) is 1. The summed E-state index contributed by atoms with van der Waals surface area (Å²) in [7, 11) is 0. The minimum atomic E-state index is -1.20. The maximum absolute atomic E-state index is 11.7. The molecular weight excluding hydrogens is 220 g/mol. The van der Waals surface area contributed by atoms with E-state index < -0.39 is 11.7 Å². The first-order valence-electron chi connectivity index (χ1n) is 4.58. The van der Waals surface area contributed by atoms with E-state index in [-0.39, 0.29) is 0 Å². The van der Waals surface area contributed by atoms with E-state index in [1.165, 1.54) is 11.3 Å². The number of nitrogens with zero attached hydrogens (tertiary/aromatic N) is 2. The highest BCUT2D eigenvalue weighted by atomic mass is 32.1. The van der Waals surface area contributed by atoms with Crippen LogP contribution in [0.3, 0.4) is 0 Å². The number of thiophene rings is 1. The molecule has 1 heterocycles. The average Bonchev–Trinajstić information content (AvgIpc) is 2.74. The molecule has 1 aromatic carbocycles. The summed E-state index contributed by atoms with van der Waals surface area (Å²) in [5.74, 6) is -1.61. The third-order valence-electron chi connectivity index (χ3n) is 2.19. The molecule has 0 spiro atoms. The molecule has 76 valence electrons. The number of rotatable bonds is 2. The third-order valence-corrected chi connectivity index (χ3v) is 3.32. The highest BCUT2D eigenvalue weighted by Gasteiger charge is 2.20. The summed E-state index contributed by atoms with van der Waals surface area (Å²) in [5, 5.41) is 18.3. The van der Waals surface area contributed by atoms with Crippen LogP contribution in [0.1, 0.15) is 9.67 Å². The molecule has 0 unspecified atom stereocenters. The number of nitriles is 2. The summed E-state index contributed by atoms with van der Waals surface area (Å²) in [6, 6.07) is 12.7. The van der Waals surface area contributed by atoms with E-state index in [0.717, 1.165) is 10.1 Å². The summed E-state index contributed by atoms with van der Waals surface area (Å²) < 4.78 is 0.987. The Labute approximate surface area is 96.2 Å². The van der Waals surface area contributed by atoms with Crippen molar-refractivity contribution in [2.45, 2.75) is 0 Å². The molecule has 0 aliphatic heterocycles. The van der Waals surface area contributed by atoms with E-state index in [0.29, 0.717) is 4.88 Å². The first-order chi connectivity index (χ1) is 7.76. The van der Waals surface area contributed by atoms with Gasteiger partial charge in [0.05, 0.1) is 17.0 Å². The lowest BCUT2D eigenvalue weighted by Gasteiger charge is -1.93. The minimum Gasteiger partial charge on any atom is -0.291 e. The van der Waals surface area contributed by atoms with Gasteiger partial charge in [-0.05, 0) is 17.5 Å². The summed E-state index contributed by atoms with van der Waals surface area (Å²) >= 11 is 1.31. The molecule has 0 N–H and O–H groups in total. The van der Waals surface area contributed by atoms with Gasteiger partial charge >= 0.3 is 0 Å². The summed E-state index contributed by atoms with van der Waals surface area (Å²) in [6.45, 7) is 0. The van der Waals surface area contributed by atoms with Crippen LogP contribution >= 0.6 is 11.3 Å². The molecule has 0 saturated heterocycles. The molecule has 16 heavy (non-hydrogen) atoms. The van der Waals surface area contributed by atoms with Gasteiger partial charge in [-0.15, -0.1) is 11.3 Å². The fourth-order valence-corrected chi connectivity index (χ4v) is 2.42. The molecule has 0 saturated carbocycles. The molecule has 3 nitrogen and oxygen atoms in total. The van der Waals surface area contributed by atoms with E-state index >= 15 is 0 Å². The Morgan fingerprint density at radius 1 is 1.25 bits per heavy atom. The number of carbonyl (C=O) groups excluding carboxylic acids is 1. The minimum absolute atomic E-state index is 0.411. The predicted molar refractivity (Wildman–Crippen MR) is 60.9 cm³/mol. The zero-order valence-electron chi connectivity index (χ0n) is 8.18. The smallest absolute Gasteiger partial charge is 0.204 e. The fraction of sp³-hybridized carbons (Fsp3) is 0.0833. The van der Waals surface area contributed by atoms with Gasteiger partial charge in [0.25, 0.3) is 0 Å². The quantitative estimate of drug-likeness (QED) is 0.739. The molecule has 0 bridgehead atoms. The molecule has 0 aliphatic carbocycles. The van der Waals surface area contributed by atoms with Crippen LogP contribution < -0.4 is 0 Å². The summed E-state index contributed by atoms with van der Waals surface area (Å²) in [4.78, 5) is 12.2. The molecule has 0 radical (unpaired) electrons. The van der Waals surface area contributed by atoms with Crippen LogP contribution in [-0.4, -0.2) is 5.78 Å². The monoisotopic (exact) mass is 226 g/mol. The lowest BCUT2D eigenvalue weighted by Crippen LogP contribution is -2.08. The molecule has 0 fully saturated rings. The van der Waals surface area contributed by atoms with Gasteiger partial charge in [0, 0.05) is 4.70 Å². The van der Waals surface area contributed by atoms with Crippen molar-refractivity contribution in [3.05, 3.63) is 35.2 Å². The molecule has 0 amide bonds. The average molecular weight is 226 g/mol. The molecular formula is C12H6N2OS. The van der Waals surface area contributed by atoms with Crippen molar-refractivity contribution in [1.82, 2.24) is 0 Å². The van der Waals surface area contributed by atoms with Gasteiger partial charge in [0.2, 0.25) is 5.78 Å². The van der Waals surface area contributed by atoms with Crippen LogP contribution in [0, 0.1) is 28.6 Å². The Balaban J connectivity index is 2.46. The van der Waals surface area contributed by atoms with E-state index in [1.54, 1.807) is 18.2 Å². The Kier molecular flexibility index (Phi) is 2.68. The van der Waals surface area contributed by atoms with Crippen molar-refractivity contribution >= 4 is 27.2 Å². The molecule has 0 atom stereocenters. The molecule has 0 aliphatic rings. The highest BCUT2D eigenvalue weighted by Crippen LogP contribution is 2.26. The van der Waals surface area contributed by atoms with Crippen LogP contribution in [0.5, 0.6) is 0 Å². The number of hydrogen-bond acceptors (Lipinski definition) is 4. The van der Waals surface area contributed by atoms with E-state index in [1.807, 2.05) is 24.3 Å². The topological polar surface area (TPSA) is 64.7 Å². The van der Waals surface area contributed by atoms with Crippen molar-refractivity contribution in [2.24, 2.45) is 5.92 Å². The lowest BCUT2D eigenvalue weighted by atomic mass is 10.1. The van der Waals surface area contributed by atoms with Crippen LogP contribution in [0.4, 0.5) is 0 Å². The molecule has 2 aromatic rings. The van der Waals surface area contributed by atoms with Crippen molar-refractivity contribution in [2.75, 3.05) is 0 Å². The lowest BCUT2D eigenvalue weighted by molar-refractivity contribution is 0.0975. The largest absolute Gasteiger partial charge is 0.291 e. The van der Waals surface area contributed by atoms with Gasteiger partial charge in [0.1, 0.15) is 0 Å². The Morgan fingerprint density at radius 2 is 1.94 bits per heavy atom. The van der Waals surface area contributed by atoms with Crippen LogP contribution in [-0.2, 0) is 0 Å². The van der Waals surface area contributed by atoms with Crippen molar-refractivity contribution in [3.63, 3.8) is 0 Å². The number of benzene rings is 1. The Morgan fingerprint density at radius 3 is 2.56 bits per heavy atom. The van der Waals surface area contributed by atoms with Gasteiger partial charge in [-0.2, -0.15) is 10.5 Å². The van der Waals surface area contributed by atoms with E-state index in [4.69, 9.17) is 10.5 Å². The molecule has 4 heteroatoms. The summed E-state index contributed by atoms with van der Waals surface area (Å²) in [6.07, 6.45) is 0. The van der Waals surface area contributed by atoms with Gasteiger partial charge in [0.15, 0.2) is 5.92 Å². The van der Waals surface area contributed by atoms with Gasteiger partial charge in [-0.25, -0.2) is 0 Å². The summed E-state index contributed by atoms with van der Waals surface area (Å²) in [5.41, 5.74) is 0. The maximum atomic E-state index is 11.7. The number of carbonyl (C=O) groups is 1. The zero-order valence-corrected chi connectivity index (χ0v) is 8.99. The molecule has 1 aromatic heterocycles. The van der Waals surface area contributed by atoms with Crippen molar-refractivity contribution < 1.29 is 4.79 Å². The van der Waals surface area contributed by atoms with Crippen LogP contribution in [0.2, 0.25) is 0 Å². The van der Waals surface area contributed by atoms with E-state index in [9.17, 15) is 4.79 Å². The highest BCUT2D eigenvalue weighted by molar-refractivity contribution is 7.20. The Bertz CT molecular complexity index is 583. The predicted octanol–water partition coefficient (Wildman–Crippen LogP) is 2.75. The maximum Gasteiger partial charge on any atom is 0.204 e. The van der Waals surface area contributed by atoms with Crippen LogP contribution in [0.15, 0.2) is 30.3 Å². The number of hydrogen-bond donors (Lipinski definition) is 0. The standard InChI is InChI=1S/C12H6N2OS/c13-6-9(7-14)12(15)11-5-8-3-1-2-4-10(8)16-11/h1-5,9H. The van der Waals surface area contributed by atoms with Crippen LogP contribution in [0.25, 0.3) is 10.1 Å². The first kappa shape index (κ1) is 10.4. The van der Waals surface area contributed by atoms with Gasteiger partial charge in [-0.3, -0.25) is 4.79 Å². The number of fused-ring (bicyclic) bond motifs is 1. The van der Waals surface area contributed by atoms with Crippen molar-refractivity contribution in [1.29, 1.82) is 10.5 Å². The van der Waals surface area contributed by atoms with Crippen molar-refractivity contribution in [3.8, 4) is 12.1 Å². The third kappa shape index (κ3) is 1.67. The first-order valence-corrected chi connectivity index (χ1v) is 5.40. The second-order valence-corrected chi connectivity index (χ2v) is 4.29. The van der Waals surface area contributed by atoms with Gasteiger partial charge in [-0.1, -0.05) is 18.2 Å². The second-order valence-electron chi connectivity index (χ2n) is 3.20. The zero-order chi connectivity index (χ0) is 11.5. The Hall–Kier alpha value is -2.17. The normalized spacial score (nSPS) is 9.94. The fourth-order valence-electron chi connectivity index (χ4n) is 1.39. The molecule has 2 rings (SSSR count). The second kappa shape index (κ2) is 4.14. The van der Waals surface area contributed by atoms with Gasteiger partial charge < -0.3 is 0 Å².